The van der Waals surface area contributed by atoms with Crippen molar-refractivity contribution in [2.24, 2.45) is 0 Å². The molecule has 2 aromatic rings. The van der Waals surface area contributed by atoms with Gasteiger partial charge in [0.25, 0.3) is 0 Å². The van der Waals surface area contributed by atoms with Crippen LogP contribution in [0.1, 0.15) is 35.8 Å². The Morgan fingerprint density at radius 1 is 1.11 bits per heavy atom. The summed E-state index contributed by atoms with van der Waals surface area (Å²) in [4.78, 5) is 22.8. The SMILES string of the molecule is C[C@@H]1C[C@](C(=O)c2ccccn2)(N2CCN(Cc3ccccc3)CC2)CCO1. The van der Waals surface area contributed by atoms with E-state index in [1.165, 1.54) is 5.56 Å². The second kappa shape index (κ2) is 8.52. The van der Waals surface area contributed by atoms with Crippen LogP contribution in [-0.2, 0) is 11.3 Å². The fraction of sp³-hybridized carbons (Fsp3) is 0.478. The summed E-state index contributed by atoms with van der Waals surface area (Å²) in [5, 5.41) is 0. The van der Waals surface area contributed by atoms with Crippen LogP contribution in [-0.4, -0.2) is 65.0 Å². The molecule has 0 bridgehead atoms. The monoisotopic (exact) mass is 379 g/mol. The maximum absolute atomic E-state index is 13.6. The zero-order chi connectivity index (χ0) is 19.4. The number of benzene rings is 1. The molecule has 0 radical (unpaired) electrons. The summed E-state index contributed by atoms with van der Waals surface area (Å²) in [5.41, 5.74) is 1.42. The third-order valence-electron chi connectivity index (χ3n) is 6.09. The molecule has 0 unspecified atom stereocenters. The van der Waals surface area contributed by atoms with Gasteiger partial charge in [-0.1, -0.05) is 36.4 Å². The maximum Gasteiger partial charge on any atom is 0.201 e. The molecular formula is C23H29N3O2. The van der Waals surface area contributed by atoms with Crippen LogP contribution in [0.15, 0.2) is 54.7 Å². The van der Waals surface area contributed by atoms with Gasteiger partial charge >= 0.3 is 0 Å². The lowest BCUT2D eigenvalue weighted by Gasteiger charge is -2.49. The summed E-state index contributed by atoms with van der Waals surface area (Å²) in [7, 11) is 0. The van der Waals surface area contributed by atoms with Gasteiger partial charge < -0.3 is 4.74 Å². The Hall–Kier alpha value is -2.08. The largest absolute Gasteiger partial charge is 0.378 e. The van der Waals surface area contributed by atoms with Crippen LogP contribution in [0.5, 0.6) is 0 Å². The molecule has 3 heterocycles. The molecule has 28 heavy (non-hydrogen) atoms. The highest BCUT2D eigenvalue weighted by Gasteiger charge is 2.48. The smallest absolute Gasteiger partial charge is 0.201 e. The summed E-state index contributed by atoms with van der Waals surface area (Å²) in [6.45, 7) is 7.42. The van der Waals surface area contributed by atoms with Crippen LogP contribution < -0.4 is 0 Å². The lowest BCUT2D eigenvalue weighted by atomic mass is 9.79. The van der Waals surface area contributed by atoms with Gasteiger partial charge in [0.2, 0.25) is 5.78 Å². The Bertz CT molecular complexity index is 775. The van der Waals surface area contributed by atoms with Gasteiger partial charge in [0, 0.05) is 45.5 Å². The highest BCUT2D eigenvalue weighted by molar-refractivity contribution is 6.01. The number of carbonyl (C=O) groups excluding carboxylic acids is 1. The van der Waals surface area contributed by atoms with Gasteiger partial charge in [-0.05, 0) is 37.5 Å². The Morgan fingerprint density at radius 2 is 1.86 bits per heavy atom. The lowest BCUT2D eigenvalue weighted by Crippen LogP contribution is -2.63. The lowest BCUT2D eigenvalue weighted by molar-refractivity contribution is -0.0647. The molecule has 1 aromatic heterocycles. The van der Waals surface area contributed by atoms with E-state index in [0.717, 1.165) is 45.6 Å². The van der Waals surface area contributed by atoms with Gasteiger partial charge in [0.05, 0.1) is 11.6 Å². The minimum absolute atomic E-state index is 0.0868. The van der Waals surface area contributed by atoms with Crippen LogP contribution in [0.3, 0.4) is 0 Å². The number of carbonyl (C=O) groups is 1. The van der Waals surface area contributed by atoms with E-state index in [4.69, 9.17) is 4.74 Å². The van der Waals surface area contributed by atoms with Crippen molar-refractivity contribution in [3.8, 4) is 0 Å². The number of nitrogens with zero attached hydrogens (tertiary/aromatic N) is 3. The van der Waals surface area contributed by atoms with Crippen molar-refractivity contribution >= 4 is 5.78 Å². The summed E-state index contributed by atoms with van der Waals surface area (Å²) >= 11 is 0. The first-order valence-electron chi connectivity index (χ1n) is 10.3. The minimum atomic E-state index is -0.495. The summed E-state index contributed by atoms with van der Waals surface area (Å²) in [6, 6.07) is 16.2. The molecule has 2 aliphatic rings. The number of pyridine rings is 1. The van der Waals surface area contributed by atoms with E-state index in [-0.39, 0.29) is 11.9 Å². The quantitative estimate of drug-likeness (QED) is 0.748. The maximum atomic E-state index is 13.6. The van der Waals surface area contributed by atoms with E-state index in [1.54, 1.807) is 6.20 Å². The zero-order valence-electron chi connectivity index (χ0n) is 16.6. The van der Waals surface area contributed by atoms with Gasteiger partial charge in [-0.3, -0.25) is 19.6 Å². The number of hydrogen-bond acceptors (Lipinski definition) is 5. The number of rotatable bonds is 5. The predicted molar refractivity (Wildman–Crippen MR) is 109 cm³/mol. The number of ether oxygens (including phenoxy) is 1. The highest BCUT2D eigenvalue weighted by atomic mass is 16.5. The number of aromatic nitrogens is 1. The first-order chi connectivity index (χ1) is 13.7. The molecule has 5 nitrogen and oxygen atoms in total. The van der Waals surface area contributed by atoms with Crippen molar-refractivity contribution in [1.29, 1.82) is 0 Å². The van der Waals surface area contributed by atoms with Crippen LogP contribution in [0.4, 0.5) is 0 Å². The van der Waals surface area contributed by atoms with Gasteiger partial charge in [0.1, 0.15) is 5.69 Å². The highest BCUT2D eigenvalue weighted by Crippen LogP contribution is 2.35. The normalized spacial score (nSPS) is 26.8. The number of piperazine rings is 1. The first kappa shape index (κ1) is 19.2. The van der Waals surface area contributed by atoms with Crippen molar-refractivity contribution in [1.82, 2.24) is 14.8 Å². The molecular weight excluding hydrogens is 350 g/mol. The third-order valence-corrected chi connectivity index (χ3v) is 6.09. The molecule has 5 heteroatoms. The number of ketones is 1. The standard InChI is InChI=1S/C23H29N3O2/c1-19-17-23(10-16-28-19,22(27)21-9-5-6-11-24-21)26-14-12-25(13-15-26)18-20-7-3-2-4-8-20/h2-9,11,19H,10,12-18H2,1H3/t19-,23-/m1/s1. The van der Waals surface area contributed by atoms with Crippen LogP contribution in [0.2, 0.25) is 0 Å². The van der Waals surface area contributed by atoms with Crippen molar-refractivity contribution in [2.45, 2.75) is 38.0 Å². The number of hydrogen-bond donors (Lipinski definition) is 0. The summed E-state index contributed by atoms with van der Waals surface area (Å²) in [6.07, 6.45) is 3.28. The average Bonchev–Trinajstić information content (AvgIpc) is 2.75. The molecule has 148 valence electrons. The second-order valence-electron chi connectivity index (χ2n) is 7.96. The summed E-state index contributed by atoms with van der Waals surface area (Å²) < 4.78 is 5.80. The van der Waals surface area contributed by atoms with Crippen LogP contribution in [0.25, 0.3) is 0 Å². The molecule has 0 aliphatic carbocycles. The van der Waals surface area contributed by atoms with E-state index in [2.05, 4.69) is 52.0 Å². The van der Waals surface area contributed by atoms with Crippen molar-refractivity contribution in [3.05, 3.63) is 66.0 Å². The predicted octanol–water partition coefficient (Wildman–Crippen LogP) is 3.02. The van der Waals surface area contributed by atoms with Crippen molar-refractivity contribution in [3.63, 3.8) is 0 Å². The van der Waals surface area contributed by atoms with Gasteiger partial charge in [-0.2, -0.15) is 0 Å². The second-order valence-corrected chi connectivity index (χ2v) is 7.96. The summed E-state index contributed by atoms with van der Waals surface area (Å²) in [5.74, 6) is 0.153. The zero-order valence-corrected chi connectivity index (χ0v) is 16.6. The molecule has 2 saturated heterocycles. The molecule has 4 rings (SSSR count). The Kier molecular flexibility index (Phi) is 5.85. The average molecular weight is 380 g/mol. The topological polar surface area (TPSA) is 45.7 Å². The molecule has 1 aromatic carbocycles. The van der Waals surface area contributed by atoms with Gasteiger partial charge in [-0.15, -0.1) is 0 Å². The molecule has 2 atom stereocenters. The van der Waals surface area contributed by atoms with E-state index in [0.29, 0.717) is 12.3 Å². The molecule has 0 spiro atoms. The molecule has 2 aliphatic heterocycles. The fourth-order valence-electron chi connectivity index (χ4n) is 4.61. The van der Waals surface area contributed by atoms with Gasteiger partial charge in [-0.25, -0.2) is 0 Å². The van der Waals surface area contributed by atoms with E-state index in [1.807, 2.05) is 18.2 Å². The van der Waals surface area contributed by atoms with E-state index in [9.17, 15) is 4.79 Å². The van der Waals surface area contributed by atoms with Crippen molar-refractivity contribution in [2.75, 3.05) is 32.8 Å². The number of Topliss-reactive ketones (excluding diaryl/α,β-unsaturated/α-hetero) is 1. The molecule has 0 amide bonds. The molecule has 2 fully saturated rings. The van der Waals surface area contributed by atoms with Crippen LogP contribution in [0, 0.1) is 0 Å². The van der Waals surface area contributed by atoms with E-state index >= 15 is 0 Å². The van der Waals surface area contributed by atoms with Crippen LogP contribution >= 0.6 is 0 Å². The Labute approximate surface area is 167 Å². The minimum Gasteiger partial charge on any atom is -0.378 e. The fourth-order valence-corrected chi connectivity index (χ4v) is 4.61. The Morgan fingerprint density at radius 3 is 2.54 bits per heavy atom. The third kappa shape index (κ3) is 4.02. The Balaban J connectivity index is 1.49. The molecule has 0 saturated carbocycles. The van der Waals surface area contributed by atoms with E-state index < -0.39 is 5.54 Å². The molecule has 0 N–H and O–H groups in total. The van der Waals surface area contributed by atoms with Crippen molar-refractivity contribution < 1.29 is 9.53 Å². The van der Waals surface area contributed by atoms with Gasteiger partial charge in [0.15, 0.2) is 0 Å². The first-order valence-corrected chi connectivity index (χ1v) is 10.3.